The van der Waals surface area contributed by atoms with Crippen LogP contribution in [0.4, 0.5) is 10.5 Å². The molecule has 0 aromatic heterocycles. The highest BCUT2D eigenvalue weighted by Gasteiger charge is 2.57. The molecule has 1 atom stereocenters. The van der Waals surface area contributed by atoms with Gasteiger partial charge in [0.25, 0.3) is 5.91 Å². The van der Waals surface area contributed by atoms with E-state index >= 15 is 0 Å². The van der Waals surface area contributed by atoms with Crippen molar-refractivity contribution in [1.29, 1.82) is 0 Å². The molecule has 2 aromatic rings. The number of hydroxylamine groups is 2. The molecule has 1 unspecified atom stereocenters. The normalized spacial score (nSPS) is 19.3. The quantitative estimate of drug-likeness (QED) is 0.681. The summed E-state index contributed by atoms with van der Waals surface area (Å²) in [5.41, 5.74) is -0.406. The first-order valence-corrected chi connectivity index (χ1v) is 8.12. The molecule has 0 fully saturated rings. The van der Waals surface area contributed by atoms with Gasteiger partial charge in [-0.1, -0.05) is 48.5 Å². The summed E-state index contributed by atoms with van der Waals surface area (Å²) < 4.78 is 0. The minimum atomic E-state index is -1.72. The fourth-order valence-corrected chi connectivity index (χ4v) is 3.03. The Morgan fingerprint density at radius 3 is 2.12 bits per heavy atom. The Morgan fingerprint density at radius 2 is 1.58 bits per heavy atom. The van der Waals surface area contributed by atoms with E-state index < -0.39 is 17.5 Å². The van der Waals surface area contributed by atoms with Crippen LogP contribution in [0.5, 0.6) is 0 Å². The summed E-state index contributed by atoms with van der Waals surface area (Å²) in [4.78, 5) is 27.2. The SMILES string of the molecule is CC1=NN(c2ccccc2)C(=O)C1(c1ccccc1)N(O)C(=O)N(C)C. The topological polar surface area (TPSA) is 76.5 Å². The molecular weight excluding hydrogens is 332 g/mol. The molecule has 1 N–H and O–H groups in total. The number of anilines is 1. The van der Waals surface area contributed by atoms with Gasteiger partial charge in [0.05, 0.1) is 11.4 Å². The highest BCUT2D eigenvalue weighted by Crippen LogP contribution is 2.38. The average Bonchev–Trinajstić information content (AvgIpc) is 2.93. The first-order valence-electron chi connectivity index (χ1n) is 8.12. The van der Waals surface area contributed by atoms with Crippen LogP contribution in [-0.4, -0.2) is 46.9 Å². The maximum atomic E-state index is 13.4. The van der Waals surface area contributed by atoms with Crippen molar-refractivity contribution >= 4 is 23.3 Å². The molecule has 0 radical (unpaired) electrons. The summed E-state index contributed by atoms with van der Waals surface area (Å²) in [5.74, 6) is -0.523. The third kappa shape index (κ3) is 2.53. The van der Waals surface area contributed by atoms with Crippen LogP contribution in [0.25, 0.3) is 0 Å². The summed E-state index contributed by atoms with van der Waals surface area (Å²) in [7, 11) is 3.01. The lowest BCUT2D eigenvalue weighted by Gasteiger charge is -2.36. The van der Waals surface area contributed by atoms with Crippen molar-refractivity contribution in [3.05, 3.63) is 66.2 Å². The number of amides is 3. The van der Waals surface area contributed by atoms with E-state index in [0.29, 0.717) is 22.0 Å². The number of nitrogens with zero attached hydrogens (tertiary/aromatic N) is 4. The van der Waals surface area contributed by atoms with Crippen molar-refractivity contribution in [1.82, 2.24) is 9.96 Å². The Bertz CT molecular complexity index is 852. The minimum absolute atomic E-state index is 0.301. The molecule has 0 bridgehead atoms. The first-order chi connectivity index (χ1) is 12.4. The third-order valence-electron chi connectivity index (χ3n) is 4.35. The predicted molar refractivity (Wildman–Crippen MR) is 97.9 cm³/mol. The largest absolute Gasteiger partial charge is 0.344 e. The van der Waals surface area contributed by atoms with Gasteiger partial charge < -0.3 is 4.90 Å². The maximum absolute atomic E-state index is 13.4. The molecule has 0 saturated heterocycles. The second-order valence-corrected chi connectivity index (χ2v) is 6.20. The van der Waals surface area contributed by atoms with Crippen LogP contribution in [0.2, 0.25) is 0 Å². The van der Waals surface area contributed by atoms with Gasteiger partial charge in [0.15, 0.2) is 0 Å². The van der Waals surface area contributed by atoms with E-state index in [9.17, 15) is 14.8 Å². The molecule has 0 spiro atoms. The molecule has 1 aliphatic rings. The van der Waals surface area contributed by atoms with Gasteiger partial charge in [0.1, 0.15) is 0 Å². The number of urea groups is 1. The van der Waals surface area contributed by atoms with E-state index in [0.717, 1.165) is 0 Å². The highest BCUT2D eigenvalue weighted by molar-refractivity contribution is 6.23. The van der Waals surface area contributed by atoms with Gasteiger partial charge in [-0.05, 0) is 24.6 Å². The van der Waals surface area contributed by atoms with Gasteiger partial charge in [0, 0.05) is 14.1 Å². The van der Waals surface area contributed by atoms with E-state index in [1.54, 1.807) is 61.5 Å². The number of para-hydroxylation sites is 1. The lowest BCUT2D eigenvalue weighted by atomic mass is 9.85. The number of carbonyl (C=O) groups is 2. The summed E-state index contributed by atoms with van der Waals surface area (Å²) in [6, 6.07) is 16.9. The van der Waals surface area contributed by atoms with Crippen molar-refractivity contribution in [2.24, 2.45) is 5.10 Å². The summed E-state index contributed by atoms with van der Waals surface area (Å²) in [5, 5.41) is 16.9. The zero-order chi connectivity index (χ0) is 18.9. The Labute approximate surface area is 151 Å². The molecule has 2 aromatic carbocycles. The van der Waals surface area contributed by atoms with Crippen LogP contribution in [0.3, 0.4) is 0 Å². The maximum Gasteiger partial charge on any atom is 0.344 e. The van der Waals surface area contributed by atoms with E-state index in [1.807, 2.05) is 6.07 Å². The second kappa shape index (κ2) is 6.61. The zero-order valence-corrected chi connectivity index (χ0v) is 14.8. The van der Waals surface area contributed by atoms with Gasteiger partial charge in [-0.15, -0.1) is 0 Å². The molecule has 0 saturated carbocycles. The minimum Gasteiger partial charge on any atom is -0.329 e. The fraction of sp³-hybridized carbons (Fsp3) is 0.211. The molecule has 3 rings (SSSR count). The van der Waals surface area contributed by atoms with Crippen LogP contribution in [0.15, 0.2) is 65.8 Å². The molecule has 26 heavy (non-hydrogen) atoms. The highest BCUT2D eigenvalue weighted by atomic mass is 16.5. The van der Waals surface area contributed by atoms with Crippen LogP contribution >= 0.6 is 0 Å². The Kier molecular flexibility index (Phi) is 4.48. The molecule has 1 heterocycles. The van der Waals surface area contributed by atoms with E-state index in [1.165, 1.54) is 24.0 Å². The van der Waals surface area contributed by atoms with Crippen LogP contribution in [-0.2, 0) is 10.3 Å². The summed E-state index contributed by atoms with van der Waals surface area (Å²) >= 11 is 0. The number of hydrazone groups is 1. The third-order valence-corrected chi connectivity index (χ3v) is 4.35. The lowest BCUT2D eigenvalue weighted by Crippen LogP contribution is -2.59. The van der Waals surface area contributed by atoms with Crippen molar-refractivity contribution in [3.63, 3.8) is 0 Å². The van der Waals surface area contributed by atoms with Gasteiger partial charge in [-0.2, -0.15) is 15.2 Å². The van der Waals surface area contributed by atoms with Gasteiger partial charge in [-0.25, -0.2) is 4.79 Å². The van der Waals surface area contributed by atoms with Gasteiger partial charge in [-0.3, -0.25) is 10.0 Å². The molecule has 1 aliphatic heterocycles. The summed E-state index contributed by atoms with van der Waals surface area (Å²) in [6.07, 6.45) is 0. The van der Waals surface area contributed by atoms with E-state index in [2.05, 4.69) is 5.10 Å². The molecule has 0 aliphatic carbocycles. The second-order valence-electron chi connectivity index (χ2n) is 6.20. The Balaban J connectivity index is 2.18. The first kappa shape index (κ1) is 17.6. The van der Waals surface area contributed by atoms with E-state index in [-0.39, 0.29) is 0 Å². The van der Waals surface area contributed by atoms with Crippen molar-refractivity contribution in [2.45, 2.75) is 12.5 Å². The lowest BCUT2D eigenvalue weighted by molar-refractivity contribution is -0.148. The van der Waals surface area contributed by atoms with Crippen molar-refractivity contribution < 1.29 is 14.8 Å². The van der Waals surface area contributed by atoms with Crippen molar-refractivity contribution in [2.75, 3.05) is 19.1 Å². The fourth-order valence-electron chi connectivity index (χ4n) is 3.03. The van der Waals surface area contributed by atoms with Crippen LogP contribution in [0.1, 0.15) is 12.5 Å². The summed E-state index contributed by atoms with van der Waals surface area (Å²) in [6.45, 7) is 1.62. The van der Waals surface area contributed by atoms with Crippen LogP contribution < -0.4 is 5.01 Å². The molecule has 7 heteroatoms. The molecular formula is C19H20N4O3. The molecule has 7 nitrogen and oxygen atoms in total. The van der Waals surface area contributed by atoms with Crippen LogP contribution in [0, 0.1) is 0 Å². The van der Waals surface area contributed by atoms with Crippen molar-refractivity contribution in [3.8, 4) is 0 Å². The zero-order valence-electron chi connectivity index (χ0n) is 14.8. The number of hydrogen-bond donors (Lipinski definition) is 1. The molecule has 3 amide bonds. The Morgan fingerprint density at radius 1 is 1.04 bits per heavy atom. The number of hydrogen-bond acceptors (Lipinski definition) is 4. The monoisotopic (exact) mass is 352 g/mol. The van der Waals surface area contributed by atoms with Gasteiger partial charge in [0.2, 0.25) is 5.54 Å². The number of carbonyl (C=O) groups excluding carboxylic acids is 2. The predicted octanol–water partition coefficient (Wildman–Crippen LogP) is 2.68. The average molecular weight is 352 g/mol. The Hall–Kier alpha value is -3.19. The smallest absolute Gasteiger partial charge is 0.329 e. The number of benzene rings is 2. The molecule has 134 valence electrons. The van der Waals surface area contributed by atoms with E-state index in [4.69, 9.17) is 0 Å². The standard InChI is InChI=1S/C19H20N4O3/c1-14-19(15-10-6-4-7-11-15,23(26)18(25)21(2)3)17(24)22(20-14)16-12-8-5-9-13-16/h4-13,26H,1-3H3. The van der Waals surface area contributed by atoms with Gasteiger partial charge >= 0.3 is 6.03 Å². The number of rotatable bonds is 3.